The molecule has 0 saturated carbocycles. The first-order valence-corrected chi connectivity index (χ1v) is 9.12. The number of hydrogen-bond donors (Lipinski definition) is 1. The van der Waals surface area contributed by atoms with Crippen LogP contribution in [0.3, 0.4) is 0 Å². The van der Waals surface area contributed by atoms with Gasteiger partial charge in [0.05, 0.1) is 5.69 Å². The van der Waals surface area contributed by atoms with Crippen molar-refractivity contribution in [2.24, 2.45) is 0 Å². The lowest BCUT2D eigenvalue weighted by Crippen LogP contribution is -2.46. The summed E-state index contributed by atoms with van der Waals surface area (Å²) in [7, 11) is -1.47. The molecule has 0 bridgehead atoms. The van der Waals surface area contributed by atoms with Crippen molar-refractivity contribution in [2.75, 3.05) is 33.2 Å². The molecule has 0 spiro atoms. The summed E-state index contributed by atoms with van der Waals surface area (Å²) in [5.41, 5.74) is 0.953. The molecule has 1 fully saturated rings. The molecule has 2 aromatic heterocycles. The summed E-state index contributed by atoms with van der Waals surface area (Å²) in [5, 5.41) is 8.01. The average Bonchev–Trinajstić information content (AvgIpc) is 2.99. The van der Waals surface area contributed by atoms with E-state index in [1.54, 1.807) is 17.5 Å². The highest BCUT2D eigenvalue weighted by Crippen LogP contribution is 2.29. The SMILES string of the molecule is CN1CCN(S(=O)(=O)c2cc(-c3ccc(=O)[nH]n3)cs2)CC1. The Morgan fingerprint density at radius 1 is 1.23 bits per heavy atom. The minimum absolute atomic E-state index is 0.288. The van der Waals surface area contributed by atoms with Crippen molar-refractivity contribution >= 4 is 21.4 Å². The molecular weight excluding hydrogens is 324 g/mol. The van der Waals surface area contributed by atoms with Gasteiger partial charge in [0.1, 0.15) is 4.21 Å². The molecule has 0 aromatic carbocycles. The molecule has 3 heterocycles. The van der Waals surface area contributed by atoms with Crippen LogP contribution in [0.15, 0.2) is 32.6 Å². The topological polar surface area (TPSA) is 86.4 Å². The van der Waals surface area contributed by atoms with Crippen LogP contribution in [-0.2, 0) is 10.0 Å². The lowest BCUT2D eigenvalue weighted by atomic mass is 10.2. The van der Waals surface area contributed by atoms with Crippen LogP contribution in [0.2, 0.25) is 0 Å². The van der Waals surface area contributed by atoms with E-state index in [-0.39, 0.29) is 5.56 Å². The molecule has 7 nitrogen and oxygen atoms in total. The number of H-pyrrole nitrogens is 1. The molecule has 1 aliphatic heterocycles. The molecule has 0 unspecified atom stereocenters. The number of piperazine rings is 1. The summed E-state index contributed by atoms with van der Waals surface area (Å²) in [6.07, 6.45) is 0. The van der Waals surface area contributed by atoms with Crippen molar-refractivity contribution < 1.29 is 8.42 Å². The number of thiophene rings is 1. The molecule has 1 saturated heterocycles. The van der Waals surface area contributed by atoms with Gasteiger partial charge in [0, 0.05) is 43.2 Å². The minimum Gasteiger partial charge on any atom is -0.304 e. The first-order valence-electron chi connectivity index (χ1n) is 6.80. The molecule has 0 aliphatic carbocycles. The summed E-state index contributed by atoms with van der Waals surface area (Å²) in [5.74, 6) is 0. The predicted octanol–water partition coefficient (Wildman–Crippen LogP) is 0.435. The molecule has 1 aliphatic rings. The van der Waals surface area contributed by atoms with E-state index in [0.29, 0.717) is 28.6 Å². The molecule has 0 radical (unpaired) electrons. The Kier molecular flexibility index (Phi) is 4.13. The predicted molar refractivity (Wildman–Crippen MR) is 84.4 cm³/mol. The zero-order chi connectivity index (χ0) is 15.7. The van der Waals surface area contributed by atoms with Gasteiger partial charge < -0.3 is 4.90 Å². The standard InChI is InChI=1S/C13H16N4O3S2/c1-16-4-6-17(7-5-16)22(19,20)13-8-10(9-21-13)11-2-3-12(18)15-14-11/h2-3,8-9H,4-7H2,1H3,(H,15,18). The normalized spacial score (nSPS) is 17.7. The molecule has 118 valence electrons. The van der Waals surface area contributed by atoms with Gasteiger partial charge in [-0.1, -0.05) is 0 Å². The van der Waals surface area contributed by atoms with Crippen LogP contribution in [0.4, 0.5) is 0 Å². The van der Waals surface area contributed by atoms with Gasteiger partial charge in [0.2, 0.25) is 0 Å². The van der Waals surface area contributed by atoms with Crippen LogP contribution < -0.4 is 5.56 Å². The first kappa shape index (κ1) is 15.3. The quantitative estimate of drug-likeness (QED) is 0.876. The van der Waals surface area contributed by atoms with E-state index in [1.165, 1.54) is 21.7 Å². The Hall–Kier alpha value is -1.55. The maximum atomic E-state index is 12.6. The van der Waals surface area contributed by atoms with Gasteiger partial charge in [-0.25, -0.2) is 13.5 Å². The number of aromatic amines is 1. The molecule has 9 heteroatoms. The summed E-state index contributed by atoms with van der Waals surface area (Å²) in [6, 6.07) is 4.56. The van der Waals surface area contributed by atoms with Gasteiger partial charge in [0.25, 0.3) is 15.6 Å². The molecular formula is C13H16N4O3S2. The number of sulfonamides is 1. The molecule has 3 rings (SSSR count). The van der Waals surface area contributed by atoms with Crippen molar-refractivity contribution in [3.63, 3.8) is 0 Å². The summed E-state index contributed by atoms with van der Waals surface area (Å²) in [6.45, 7) is 2.48. The first-order chi connectivity index (χ1) is 10.5. The zero-order valence-corrected chi connectivity index (χ0v) is 13.7. The van der Waals surface area contributed by atoms with Crippen LogP contribution in [0.1, 0.15) is 0 Å². The Morgan fingerprint density at radius 3 is 2.59 bits per heavy atom. The minimum atomic E-state index is -3.46. The maximum Gasteiger partial charge on any atom is 0.264 e. The van der Waals surface area contributed by atoms with Crippen molar-refractivity contribution in [3.05, 3.63) is 33.9 Å². The van der Waals surface area contributed by atoms with Crippen LogP contribution in [0, 0.1) is 0 Å². The van der Waals surface area contributed by atoms with Crippen LogP contribution >= 0.6 is 11.3 Å². The van der Waals surface area contributed by atoms with Crippen LogP contribution in [-0.4, -0.2) is 61.0 Å². The summed E-state index contributed by atoms with van der Waals surface area (Å²) >= 11 is 1.17. The van der Waals surface area contributed by atoms with E-state index in [9.17, 15) is 13.2 Å². The monoisotopic (exact) mass is 340 g/mol. The maximum absolute atomic E-state index is 12.6. The van der Waals surface area contributed by atoms with Gasteiger partial charge >= 0.3 is 0 Å². The highest BCUT2D eigenvalue weighted by atomic mass is 32.2. The van der Waals surface area contributed by atoms with E-state index < -0.39 is 10.0 Å². The average molecular weight is 340 g/mol. The number of nitrogens with zero attached hydrogens (tertiary/aromatic N) is 3. The van der Waals surface area contributed by atoms with E-state index in [1.807, 2.05) is 7.05 Å². The lowest BCUT2D eigenvalue weighted by Gasteiger charge is -2.31. The number of nitrogens with one attached hydrogen (secondary N) is 1. The lowest BCUT2D eigenvalue weighted by molar-refractivity contribution is 0.222. The van der Waals surface area contributed by atoms with Gasteiger partial charge in [-0.15, -0.1) is 11.3 Å². The Balaban J connectivity index is 1.86. The Labute approximate surface area is 132 Å². The summed E-state index contributed by atoms with van der Waals surface area (Å²) in [4.78, 5) is 13.1. The Bertz CT molecular complexity index is 799. The fourth-order valence-electron chi connectivity index (χ4n) is 2.25. The third kappa shape index (κ3) is 2.98. The van der Waals surface area contributed by atoms with Crippen molar-refractivity contribution in [1.29, 1.82) is 0 Å². The molecule has 2 aromatic rings. The number of hydrogen-bond acceptors (Lipinski definition) is 6. The third-order valence-electron chi connectivity index (χ3n) is 3.61. The molecule has 22 heavy (non-hydrogen) atoms. The van der Waals surface area contributed by atoms with Crippen molar-refractivity contribution in [2.45, 2.75) is 4.21 Å². The smallest absolute Gasteiger partial charge is 0.264 e. The fourth-order valence-corrected chi connectivity index (χ4v) is 5.00. The second-order valence-corrected chi connectivity index (χ2v) is 8.24. The number of aromatic nitrogens is 2. The Morgan fingerprint density at radius 2 is 1.95 bits per heavy atom. The van der Waals surface area contributed by atoms with Crippen LogP contribution in [0.5, 0.6) is 0 Å². The second kappa shape index (κ2) is 5.92. The van der Waals surface area contributed by atoms with E-state index in [0.717, 1.165) is 13.1 Å². The largest absolute Gasteiger partial charge is 0.304 e. The summed E-state index contributed by atoms with van der Waals surface area (Å²) < 4.78 is 27.1. The highest BCUT2D eigenvalue weighted by molar-refractivity contribution is 7.91. The van der Waals surface area contributed by atoms with Gasteiger partial charge in [-0.2, -0.15) is 9.40 Å². The van der Waals surface area contributed by atoms with Gasteiger partial charge in [-0.05, 0) is 19.2 Å². The number of likely N-dealkylation sites (N-methyl/N-ethyl adjacent to an activating group) is 1. The molecule has 0 amide bonds. The van der Waals surface area contributed by atoms with Crippen molar-refractivity contribution in [1.82, 2.24) is 19.4 Å². The third-order valence-corrected chi connectivity index (χ3v) is 6.92. The van der Waals surface area contributed by atoms with Gasteiger partial charge in [-0.3, -0.25) is 4.79 Å². The fraction of sp³-hybridized carbons (Fsp3) is 0.385. The van der Waals surface area contributed by atoms with Gasteiger partial charge in [0.15, 0.2) is 0 Å². The van der Waals surface area contributed by atoms with E-state index in [4.69, 9.17) is 0 Å². The second-order valence-electron chi connectivity index (χ2n) is 5.17. The molecule has 0 atom stereocenters. The number of rotatable bonds is 3. The molecule has 1 N–H and O–H groups in total. The van der Waals surface area contributed by atoms with Crippen molar-refractivity contribution in [3.8, 4) is 11.3 Å². The van der Waals surface area contributed by atoms with E-state index >= 15 is 0 Å². The zero-order valence-electron chi connectivity index (χ0n) is 12.0. The highest BCUT2D eigenvalue weighted by Gasteiger charge is 2.28. The van der Waals surface area contributed by atoms with E-state index in [2.05, 4.69) is 15.1 Å². The van der Waals surface area contributed by atoms with Crippen LogP contribution in [0.25, 0.3) is 11.3 Å².